The minimum Gasteiger partial charge on any atom is -0.383 e. The molecule has 0 unspecified atom stereocenters. The number of carbonyl (C=O) groups excluding carboxylic acids is 2. The molecule has 2 aromatic heterocycles. The SMILES string of the molecule is CCCCN(C(=O)Cc1csc(N2CCNC2=O)n1)c1c(N)n(CCCC)c(=O)[nH]c1=O. The number of hydrogen-bond acceptors (Lipinski definition) is 7. The van der Waals surface area contributed by atoms with Gasteiger partial charge in [-0.1, -0.05) is 26.7 Å². The number of unbranched alkanes of at least 4 members (excludes halogenated alkanes) is 2. The molecule has 0 radical (unpaired) electrons. The van der Waals surface area contributed by atoms with Crippen molar-refractivity contribution in [3.05, 3.63) is 31.9 Å². The zero-order valence-corrected chi connectivity index (χ0v) is 19.2. The fraction of sp³-hybridized carbons (Fsp3) is 0.550. The lowest BCUT2D eigenvalue weighted by atomic mass is 10.2. The van der Waals surface area contributed by atoms with Crippen LogP contribution in [0.5, 0.6) is 0 Å². The van der Waals surface area contributed by atoms with Gasteiger partial charge in [-0.25, -0.2) is 14.6 Å². The van der Waals surface area contributed by atoms with Crippen molar-refractivity contribution in [3.63, 3.8) is 0 Å². The summed E-state index contributed by atoms with van der Waals surface area (Å²) in [5.74, 6) is -0.358. The van der Waals surface area contributed by atoms with Gasteiger partial charge in [0.1, 0.15) is 5.82 Å². The summed E-state index contributed by atoms with van der Waals surface area (Å²) in [6.07, 6.45) is 2.98. The number of carbonyl (C=O) groups is 2. The minimum atomic E-state index is -0.683. The van der Waals surface area contributed by atoms with Crippen LogP contribution in [0.3, 0.4) is 0 Å². The van der Waals surface area contributed by atoms with Gasteiger partial charge in [-0.3, -0.25) is 24.0 Å². The predicted molar refractivity (Wildman–Crippen MR) is 124 cm³/mol. The summed E-state index contributed by atoms with van der Waals surface area (Å²) in [6, 6.07) is -0.213. The van der Waals surface area contributed by atoms with E-state index in [0.29, 0.717) is 49.8 Å². The van der Waals surface area contributed by atoms with Crippen molar-refractivity contribution in [2.45, 2.75) is 52.5 Å². The van der Waals surface area contributed by atoms with Gasteiger partial charge in [0.25, 0.3) is 5.56 Å². The van der Waals surface area contributed by atoms with E-state index in [-0.39, 0.29) is 29.9 Å². The van der Waals surface area contributed by atoms with Gasteiger partial charge in [-0.2, -0.15) is 0 Å². The molecule has 32 heavy (non-hydrogen) atoms. The van der Waals surface area contributed by atoms with Gasteiger partial charge < -0.3 is 16.0 Å². The standard InChI is InChI=1S/C20H29N7O4S/c1-3-5-8-25(15-16(21)26(9-6-4-2)19(31)24-17(15)29)14(28)11-13-12-32-20(23-13)27-10-7-22-18(27)30/h12H,3-11,21H2,1-2H3,(H,22,30)(H,24,29,31). The Kier molecular flexibility index (Phi) is 7.67. The molecule has 3 amide bonds. The molecule has 4 N–H and O–H groups in total. The third kappa shape index (κ3) is 5.01. The molecule has 0 aromatic carbocycles. The summed E-state index contributed by atoms with van der Waals surface area (Å²) < 4.78 is 1.30. The van der Waals surface area contributed by atoms with E-state index < -0.39 is 11.2 Å². The molecule has 1 fully saturated rings. The molecule has 0 saturated carbocycles. The van der Waals surface area contributed by atoms with Crippen LogP contribution in [0.2, 0.25) is 0 Å². The zero-order chi connectivity index (χ0) is 23.3. The summed E-state index contributed by atoms with van der Waals surface area (Å²) in [4.78, 5) is 59.6. The fourth-order valence-corrected chi connectivity index (χ4v) is 4.31. The van der Waals surface area contributed by atoms with Crippen molar-refractivity contribution >= 4 is 39.9 Å². The second-order valence-corrected chi connectivity index (χ2v) is 8.42. The van der Waals surface area contributed by atoms with Crippen molar-refractivity contribution in [2.75, 3.05) is 35.2 Å². The summed E-state index contributed by atoms with van der Waals surface area (Å²) in [6.45, 7) is 5.68. The van der Waals surface area contributed by atoms with Gasteiger partial charge in [-0.05, 0) is 12.8 Å². The third-order valence-corrected chi connectivity index (χ3v) is 6.13. The van der Waals surface area contributed by atoms with Crippen molar-refractivity contribution in [1.82, 2.24) is 19.9 Å². The maximum absolute atomic E-state index is 13.2. The number of aromatic nitrogens is 3. The number of H-pyrrole nitrogens is 1. The first-order chi connectivity index (χ1) is 15.4. The van der Waals surface area contributed by atoms with E-state index >= 15 is 0 Å². The van der Waals surface area contributed by atoms with E-state index in [9.17, 15) is 19.2 Å². The van der Waals surface area contributed by atoms with Gasteiger partial charge >= 0.3 is 11.7 Å². The number of rotatable bonds is 10. The number of thiazole rings is 1. The third-order valence-electron chi connectivity index (χ3n) is 5.22. The molecule has 0 aliphatic carbocycles. The lowest BCUT2D eigenvalue weighted by Gasteiger charge is -2.24. The van der Waals surface area contributed by atoms with Crippen LogP contribution in [0.4, 0.5) is 21.4 Å². The van der Waals surface area contributed by atoms with Gasteiger partial charge in [0.15, 0.2) is 10.8 Å². The van der Waals surface area contributed by atoms with Gasteiger partial charge in [0.2, 0.25) is 5.91 Å². The van der Waals surface area contributed by atoms with Crippen molar-refractivity contribution < 1.29 is 9.59 Å². The molecule has 1 saturated heterocycles. The van der Waals surface area contributed by atoms with Gasteiger partial charge in [0, 0.05) is 31.6 Å². The molecule has 1 aliphatic heterocycles. The molecular formula is C20H29N7O4S. The highest BCUT2D eigenvalue weighted by Gasteiger charge is 2.27. The average molecular weight is 464 g/mol. The largest absolute Gasteiger partial charge is 0.383 e. The number of anilines is 3. The number of nitrogens with zero attached hydrogens (tertiary/aromatic N) is 4. The van der Waals surface area contributed by atoms with Crippen LogP contribution in [-0.2, 0) is 17.8 Å². The quantitative estimate of drug-likeness (QED) is 0.484. The Morgan fingerprint density at radius 1 is 1.25 bits per heavy atom. The van der Waals surface area contributed by atoms with E-state index in [0.717, 1.165) is 12.8 Å². The molecule has 3 heterocycles. The first kappa shape index (κ1) is 23.5. The summed E-state index contributed by atoms with van der Waals surface area (Å²) >= 11 is 1.28. The highest BCUT2D eigenvalue weighted by Crippen LogP contribution is 2.24. The van der Waals surface area contributed by atoms with Crippen LogP contribution in [0.25, 0.3) is 0 Å². The number of urea groups is 1. The second kappa shape index (κ2) is 10.4. The Labute approximate surface area is 189 Å². The van der Waals surface area contributed by atoms with Crippen molar-refractivity contribution in [1.29, 1.82) is 0 Å². The zero-order valence-electron chi connectivity index (χ0n) is 18.3. The number of nitrogens with one attached hydrogen (secondary N) is 2. The molecular weight excluding hydrogens is 434 g/mol. The maximum atomic E-state index is 13.2. The Balaban J connectivity index is 1.89. The smallest absolute Gasteiger partial charge is 0.330 e. The highest BCUT2D eigenvalue weighted by molar-refractivity contribution is 7.14. The first-order valence-electron chi connectivity index (χ1n) is 10.8. The Morgan fingerprint density at radius 2 is 2.00 bits per heavy atom. The molecule has 3 rings (SSSR count). The van der Waals surface area contributed by atoms with Crippen molar-refractivity contribution in [3.8, 4) is 0 Å². The van der Waals surface area contributed by atoms with Crippen molar-refractivity contribution in [2.24, 2.45) is 0 Å². The van der Waals surface area contributed by atoms with E-state index in [1.807, 2.05) is 13.8 Å². The average Bonchev–Trinajstić information content (AvgIpc) is 3.38. The fourth-order valence-electron chi connectivity index (χ4n) is 3.46. The van der Waals surface area contributed by atoms with Crippen LogP contribution >= 0.6 is 11.3 Å². The monoisotopic (exact) mass is 463 g/mol. The summed E-state index contributed by atoms with van der Waals surface area (Å²) in [5.41, 5.74) is 5.45. The number of amides is 3. The van der Waals surface area contributed by atoms with Gasteiger partial charge in [-0.15, -0.1) is 11.3 Å². The number of hydrogen-bond donors (Lipinski definition) is 3. The normalized spacial score (nSPS) is 13.4. The van der Waals surface area contributed by atoms with E-state index in [2.05, 4.69) is 15.3 Å². The van der Waals surface area contributed by atoms with E-state index in [1.165, 1.54) is 25.7 Å². The molecule has 0 atom stereocenters. The lowest BCUT2D eigenvalue weighted by Crippen LogP contribution is -2.42. The molecule has 2 aromatic rings. The van der Waals surface area contributed by atoms with Crippen LogP contribution in [-0.4, -0.2) is 46.1 Å². The lowest BCUT2D eigenvalue weighted by molar-refractivity contribution is -0.118. The molecule has 174 valence electrons. The van der Waals surface area contributed by atoms with E-state index in [1.54, 1.807) is 5.38 Å². The van der Waals surface area contributed by atoms with Gasteiger partial charge in [0.05, 0.1) is 12.1 Å². The number of nitrogen functional groups attached to an aromatic ring is 1. The second-order valence-electron chi connectivity index (χ2n) is 7.58. The molecule has 0 bridgehead atoms. The molecule has 11 nitrogen and oxygen atoms in total. The minimum absolute atomic E-state index is 0.00599. The first-order valence-corrected chi connectivity index (χ1v) is 11.7. The van der Waals surface area contributed by atoms with Crippen LogP contribution < -0.4 is 32.1 Å². The Bertz CT molecular complexity index is 1090. The summed E-state index contributed by atoms with van der Waals surface area (Å²) in [5, 5.41) is 4.97. The van der Waals surface area contributed by atoms with E-state index in [4.69, 9.17) is 5.73 Å². The Hall–Kier alpha value is -3.15. The van der Waals surface area contributed by atoms with Crippen LogP contribution in [0.15, 0.2) is 15.0 Å². The number of aromatic amines is 1. The Morgan fingerprint density at radius 3 is 2.66 bits per heavy atom. The van der Waals surface area contributed by atoms with Crippen LogP contribution in [0, 0.1) is 0 Å². The maximum Gasteiger partial charge on any atom is 0.330 e. The molecule has 0 spiro atoms. The topological polar surface area (TPSA) is 146 Å². The number of nitrogens with two attached hydrogens (primary N) is 1. The predicted octanol–water partition coefficient (Wildman–Crippen LogP) is 1.28. The summed E-state index contributed by atoms with van der Waals surface area (Å²) in [7, 11) is 0. The van der Waals surface area contributed by atoms with Crippen LogP contribution in [0.1, 0.15) is 45.2 Å². The molecule has 12 heteroatoms. The molecule has 1 aliphatic rings. The highest BCUT2D eigenvalue weighted by atomic mass is 32.1.